The van der Waals surface area contributed by atoms with Crippen LogP contribution in [-0.2, 0) is 0 Å². The van der Waals surface area contributed by atoms with Gasteiger partial charge in [-0.25, -0.2) is 0 Å². The monoisotopic (exact) mass is 268 g/mol. The van der Waals surface area contributed by atoms with Gasteiger partial charge in [0.05, 0.1) is 5.56 Å². The molecule has 80 valence electrons. The fourth-order valence-electron chi connectivity index (χ4n) is 1.80. The minimum absolute atomic E-state index is 0.0886. The van der Waals surface area contributed by atoms with Crippen molar-refractivity contribution in [3.05, 3.63) is 27.2 Å². The lowest BCUT2D eigenvalue weighted by Crippen LogP contribution is -2.05. The van der Waals surface area contributed by atoms with E-state index in [1.54, 1.807) is 6.07 Å². The summed E-state index contributed by atoms with van der Waals surface area (Å²) in [5.41, 5.74) is 2.30. The fourth-order valence-corrected chi connectivity index (χ4v) is 2.11. The lowest BCUT2D eigenvalue weighted by molar-refractivity contribution is 0.0964. The number of carbonyl (C=O) groups excluding carboxylic acids is 1. The molecule has 1 fully saturated rings. The van der Waals surface area contributed by atoms with Crippen LogP contribution in [0.2, 0.25) is 0 Å². The van der Waals surface area contributed by atoms with Crippen LogP contribution in [0.15, 0.2) is 10.5 Å². The molecule has 0 bridgehead atoms. The molecule has 0 aliphatic heterocycles. The molecule has 2 nitrogen and oxygen atoms in total. The summed E-state index contributed by atoms with van der Waals surface area (Å²) in [6.07, 6.45) is 1.92. The third kappa shape index (κ3) is 1.81. The number of rotatable bonds is 2. The van der Waals surface area contributed by atoms with Crippen molar-refractivity contribution < 1.29 is 9.90 Å². The first-order valence-corrected chi connectivity index (χ1v) is 5.84. The van der Waals surface area contributed by atoms with Crippen LogP contribution >= 0.6 is 15.9 Å². The molecule has 0 unspecified atom stereocenters. The molecule has 0 radical (unpaired) electrons. The highest BCUT2D eigenvalue weighted by Gasteiger charge is 2.33. The minimum Gasteiger partial charge on any atom is -0.507 e. The summed E-state index contributed by atoms with van der Waals surface area (Å²) in [6, 6.07) is 1.65. The molecule has 1 aromatic carbocycles. The number of aryl methyl sites for hydroxylation is 1. The average molecular weight is 269 g/mol. The smallest absolute Gasteiger partial charge is 0.169 e. The van der Waals surface area contributed by atoms with Crippen molar-refractivity contribution in [2.24, 2.45) is 5.92 Å². The summed E-state index contributed by atoms with van der Waals surface area (Å²) in [5, 5.41) is 9.80. The zero-order valence-corrected chi connectivity index (χ0v) is 10.4. The molecule has 3 heteroatoms. The Hall–Kier alpha value is -0.830. The molecule has 0 spiro atoms. The minimum atomic E-state index is 0.0886. The summed E-state index contributed by atoms with van der Waals surface area (Å²) in [7, 11) is 0. The van der Waals surface area contributed by atoms with Crippen molar-refractivity contribution in [3.8, 4) is 5.75 Å². The summed E-state index contributed by atoms with van der Waals surface area (Å²) in [4.78, 5) is 11.9. The highest BCUT2D eigenvalue weighted by molar-refractivity contribution is 9.10. The number of carbonyl (C=O) groups is 1. The molecular formula is C12H13BrO2. The van der Waals surface area contributed by atoms with Gasteiger partial charge in [-0.15, -0.1) is 0 Å². The van der Waals surface area contributed by atoms with Crippen LogP contribution in [0.4, 0.5) is 0 Å². The van der Waals surface area contributed by atoms with E-state index in [0.29, 0.717) is 5.56 Å². The Morgan fingerprint density at radius 2 is 2.07 bits per heavy atom. The van der Waals surface area contributed by atoms with Crippen LogP contribution in [0.5, 0.6) is 5.75 Å². The Morgan fingerprint density at radius 3 is 2.60 bits per heavy atom. The van der Waals surface area contributed by atoms with E-state index < -0.39 is 0 Å². The molecule has 0 aromatic heterocycles. The maximum absolute atomic E-state index is 11.9. The highest BCUT2D eigenvalue weighted by atomic mass is 79.9. The van der Waals surface area contributed by atoms with Gasteiger partial charge in [0.15, 0.2) is 5.78 Å². The van der Waals surface area contributed by atoms with Gasteiger partial charge in [-0.2, -0.15) is 0 Å². The zero-order chi connectivity index (χ0) is 11.2. The van der Waals surface area contributed by atoms with Gasteiger partial charge in [-0.1, -0.05) is 15.9 Å². The number of phenolic OH excluding ortho intramolecular Hbond substituents is 1. The van der Waals surface area contributed by atoms with E-state index in [1.165, 1.54) is 0 Å². The molecule has 1 aliphatic rings. The maximum Gasteiger partial charge on any atom is 0.169 e. The second kappa shape index (κ2) is 3.63. The second-order valence-electron chi connectivity index (χ2n) is 4.17. The normalized spacial score (nSPS) is 15.4. The van der Waals surface area contributed by atoms with E-state index in [0.717, 1.165) is 28.4 Å². The second-order valence-corrected chi connectivity index (χ2v) is 4.96. The molecule has 2 rings (SSSR count). The largest absolute Gasteiger partial charge is 0.507 e. The van der Waals surface area contributed by atoms with Crippen molar-refractivity contribution >= 4 is 21.7 Å². The number of aromatic hydroxyl groups is 1. The molecular weight excluding hydrogens is 256 g/mol. The van der Waals surface area contributed by atoms with Gasteiger partial charge in [0.2, 0.25) is 0 Å². The fraction of sp³-hybridized carbons (Fsp3) is 0.417. The molecule has 1 saturated carbocycles. The summed E-state index contributed by atoms with van der Waals surface area (Å²) < 4.78 is 0.921. The van der Waals surface area contributed by atoms with Gasteiger partial charge in [0.25, 0.3) is 0 Å². The molecule has 0 amide bonds. The Labute approximate surface area is 97.4 Å². The van der Waals surface area contributed by atoms with Crippen LogP contribution < -0.4 is 0 Å². The van der Waals surface area contributed by atoms with Crippen LogP contribution in [0.1, 0.15) is 34.3 Å². The van der Waals surface area contributed by atoms with Crippen LogP contribution in [0, 0.1) is 19.8 Å². The first kappa shape index (κ1) is 10.7. The van der Waals surface area contributed by atoms with Gasteiger partial charge < -0.3 is 5.11 Å². The predicted octanol–water partition coefficient (Wildman–Crippen LogP) is 3.36. The predicted molar refractivity (Wildman–Crippen MR) is 62.3 cm³/mol. The van der Waals surface area contributed by atoms with E-state index in [-0.39, 0.29) is 17.5 Å². The number of hydrogen-bond acceptors (Lipinski definition) is 2. The zero-order valence-electron chi connectivity index (χ0n) is 8.80. The van der Waals surface area contributed by atoms with E-state index >= 15 is 0 Å². The van der Waals surface area contributed by atoms with E-state index in [1.807, 2.05) is 13.8 Å². The Morgan fingerprint density at radius 1 is 1.47 bits per heavy atom. The molecule has 0 atom stereocenters. The number of halogens is 1. The van der Waals surface area contributed by atoms with Crippen molar-refractivity contribution in [2.45, 2.75) is 26.7 Å². The van der Waals surface area contributed by atoms with Gasteiger partial charge >= 0.3 is 0 Å². The number of phenols is 1. The topological polar surface area (TPSA) is 37.3 Å². The van der Waals surface area contributed by atoms with Crippen LogP contribution in [0.3, 0.4) is 0 Å². The van der Waals surface area contributed by atoms with Crippen molar-refractivity contribution in [1.29, 1.82) is 0 Å². The average Bonchev–Trinajstić information content (AvgIpc) is 2.97. The molecule has 1 aliphatic carbocycles. The molecule has 1 aromatic rings. The van der Waals surface area contributed by atoms with Crippen molar-refractivity contribution in [1.82, 2.24) is 0 Å². The maximum atomic E-state index is 11.9. The standard InChI is InChI=1S/C12H13BrO2/c1-6-5-9(14)10(7(2)11(6)13)12(15)8-3-4-8/h5,8,14H,3-4H2,1-2H3. The SMILES string of the molecule is Cc1cc(O)c(C(=O)C2CC2)c(C)c1Br. The van der Waals surface area contributed by atoms with Gasteiger partial charge in [-0.05, 0) is 43.9 Å². The van der Waals surface area contributed by atoms with Crippen molar-refractivity contribution in [2.75, 3.05) is 0 Å². The van der Waals surface area contributed by atoms with Crippen LogP contribution in [-0.4, -0.2) is 10.9 Å². The first-order chi connectivity index (χ1) is 7.02. The summed E-state index contributed by atoms with van der Waals surface area (Å²) >= 11 is 3.44. The molecule has 0 heterocycles. The number of Topliss-reactive ketones (excluding diaryl/α,β-unsaturated/α-hetero) is 1. The van der Waals surface area contributed by atoms with E-state index in [9.17, 15) is 9.90 Å². The van der Waals surface area contributed by atoms with E-state index in [4.69, 9.17) is 0 Å². The Kier molecular flexibility index (Phi) is 2.59. The molecule has 1 N–H and O–H groups in total. The van der Waals surface area contributed by atoms with Gasteiger partial charge in [-0.3, -0.25) is 4.79 Å². The summed E-state index contributed by atoms with van der Waals surface area (Å²) in [6.45, 7) is 3.77. The lowest BCUT2D eigenvalue weighted by atomic mass is 9.98. The van der Waals surface area contributed by atoms with Gasteiger partial charge in [0, 0.05) is 10.4 Å². The number of ketones is 1. The van der Waals surface area contributed by atoms with Crippen molar-refractivity contribution in [3.63, 3.8) is 0 Å². The Bertz CT molecular complexity index is 434. The van der Waals surface area contributed by atoms with E-state index in [2.05, 4.69) is 15.9 Å². The third-order valence-electron chi connectivity index (χ3n) is 2.85. The quantitative estimate of drug-likeness (QED) is 0.836. The Balaban J connectivity index is 2.54. The number of hydrogen-bond donors (Lipinski definition) is 1. The first-order valence-electron chi connectivity index (χ1n) is 5.05. The van der Waals surface area contributed by atoms with Gasteiger partial charge in [0.1, 0.15) is 5.75 Å². The number of benzene rings is 1. The molecule has 15 heavy (non-hydrogen) atoms. The molecule has 0 saturated heterocycles. The third-order valence-corrected chi connectivity index (χ3v) is 4.07. The highest BCUT2D eigenvalue weighted by Crippen LogP contribution is 2.38. The lowest BCUT2D eigenvalue weighted by Gasteiger charge is -2.11. The summed E-state index contributed by atoms with van der Waals surface area (Å²) in [5.74, 6) is 0.347. The van der Waals surface area contributed by atoms with Crippen LogP contribution in [0.25, 0.3) is 0 Å².